The lowest BCUT2D eigenvalue weighted by Gasteiger charge is -2.40. The van der Waals surface area contributed by atoms with E-state index in [0.29, 0.717) is 17.5 Å². The van der Waals surface area contributed by atoms with Crippen molar-refractivity contribution in [1.29, 1.82) is 0 Å². The zero-order valence-electron chi connectivity index (χ0n) is 24.5. The molecular weight excluding hydrogens is 601 g/mol. The summed E-state index contributed by atoms with van der Waals surface area (Å²) in [6, 6.07) is 15.0. The lowest BCUT2D eigenvalue weighted by atomic mass is 9.86. The molecule has 1 saturated heterocycles. The second-order valence-electron chi connectivity index (χ2n) is 11.3. The highest BCUT2D eigenvalue weighted by Gasteiger charge is 2.39. The maximum atomic E-state index is 14.8. The van der Waals surface area contributed by atoms with Crippen LogP contribution in [0.5, 0.6) is 0 Å². The molecule has 3 aromatic carbocycles. The SMILES string of the molecule is CN1CCN(c2cccc3c2CCN(C(=O)c2c[nH]n(-c4cccc(Cl)c4F)c2=O)C3C(=O)Cc2ccc(C(=O)O)cc2)CC1. The van der Waals surface area contributed by atoms with Crippen LogP contribution in [0.25, 0.3) is 5.69 Å². The number of halogens is 2. The molecule has 45 heavy (non-hydrogen) atoms. The van der Waals surface area contributed by atoms with Crippen molar-refractivity contribution in [3.8, 4) is 5.69 Å². The smallest absolute Gasteiger partial charge is 0.335 e. The lowest BCUT2D eigenvalue weighted by molar-refractivity contribution is -0.123. The van der Waals surface area contributed by atoms with Gasteiger partial charge < -0.3 is 19.8 Å². The minimum Gasteiger partial charge on any atom is -0.478 e. The van der Waals surface area contributed by atoms with Crippen LogP contribution in [0.2, 0.25) is 5.02 Å². The second-order valence-corrected chi connectivity index (χ2v) is 11.7. The van der Waals surface area contributed by atoms with Gasteiger partial charge in [0, 0.05) is 51.0 Å². The predicted molar refractivity (Wildman–Crippen MR) is 167 cm³/mol. The number of carbonyl (C=O) groups is 3. The Hall–Kier alpha value is -4.74. The number of aromatic carboxylic acids is 1. The fraction of sp³-hybridized carbons (Fsp3) is 0.273. The molecule has 232 valence electrons. The summed E-state index contributed by atoms with van der Waals surface area (Å²) >= 11 is 5.92. The molecular formula is C33H31ClFN5O5. The monoisotopic (exact) mass is 631 g/mol. The molecule has 1 amide bonds. The minimum atomic E-state index is -1.07. The molecule has 6 rings (SSSR count). The van der Waals surface area contributed by atoms with Crippen molar-refractivity contribution < 1.29 is 23.9 Å². The van der Waals surface area contributed by atoms with Gasteiger partial charge in [-0.25, -0.2) is 13.9 Å². The van der Waals surface area contributed by atoms with Gasteiger partial charge in [0.15, 0.2) is 11.6 Å². The van der Waals surface area contributed by atoms with Crippen molar-refractivity contribution in [3.63, 3.8) is 0 Å². The number of benzene rings is 3. The number of fused-ring (bicyclic) bond motifs is 1. The van der Waals surface area contributed by atoms with E-state index in [0.717, 1.165) is 42.1 Å². The first-order chi connectivity index (χ1) is 21.6. The Balaban J connectivity index is 1.38. The summed E-state index contributed by atoms with van der Waals surface area (Å²) in [6.07, 6.45) is 1.63. The van der Waals surface area contributed by atoms with Crippen LogP contribution in [0.15, 0.2) is 71.7 Å². The third kappa shape index (κ3) is 5.76. The average Bonchev–Trinajstić information content (AvgIpc) is 3.42. The summed E-state index contributed by atoms with van der Waals surface area (Å²) in [4.78, 5) is 58.9. The maximum Gasteiger partial charge on any atom is 0.335 e. The van der Waals surface area contributed by atoms with E-state index in [9.17, 15) is 28.7 Å². The molecule has 0 spiro atoms. The number of likely N-dealkylation sites (N-methyl/N-ethyl adjacent to an activating group) is 1. The number of rotatable bonds is 7. The molecule has 0 aliphatic carbocycles. The van der Waals surface area contributed by atoms with Gasteiger partial charge in [0.1, 0.15) is 17.3 Å². The highest BCUT2D eigenvalue weighted by atomic mass is 35.5. The van der Waals surface area contributed by atoms with Crippen LogP contribution in [0, 0.1) is 5.82 Å². The number of carboxylic acid groups (broad SMARTS) is 1. The number of ketones is 1. The van der Waals surface area contributed by atoms with Gasteiger partial charge in [-0.2, -0.15) is 0 Å². The van der Waals surface area contributed by atoms with Crippen LogP contribution < -0.4 is 10.5 Å². The number of nitrogens with zero attached hydrogens (tertiary/aromatic N) is 4. The van der Waals surface area contributed by atoms with Gasteiger partial charge in [-0.1, -0.05) is 41.9 Å². The molecule has 0 bridgehead atoms. The fourth-order valence-corrected chi connectivity index (χ4v) is 6.31. The third-order valence-electron chi connectivity index (χ3n) is 8.56. The first-order valence-electron chi connectivity index (χ1n) is 14.6. The van der Waals surface area contributed by atoms with E-state index in [1.807, 2.05) is 18.2 Å². The molecule has 1 fully saturated rings. The molecule has 1 unspecified atom stereocenters. The van der Waals surface area contributed by atoms with Gasteiger partial charge in [0.25, 0.3) is 11.5 Å². The number of amides is 1. The number of carbonyl (C=O) groups excluding carboxylic acids is 2. The average molecular weight is 632 g/mol. The summed E-state index contributed by atoms with van der Waals surface area (Å²) in [5, 5.41) is 11.8. The zero-order valence-corrected chi connectivity index (χ0v) is 25.3. The van der Waals surface area contributed by atoms with E-state index in [1.165, 1.54) is 41.4 Å². The molecule has 0 radical (unpaired) electrons. The van der Waals surface area contributed by atoms with Crippen LogP contribution in [0.3, 0.4) is 0 Å². The number of nitrogens with one attached hydrogen (secondary N) is 1. The molecule has 0 saturated carbocycles. The summed E-state index contributed by atoms with van der Waals surface area (Å²) < 4.78 is 15.7. The van der Waals surface area contributed by atoms with Crippen LogP contribution in [0.1, 0.15) is 43.4 Å². The number of aromatic amines is 1. The van der Waals surface area contributed by atoms with Crippen molar-refractivity contribution in [2.24, 2.45) is 0 Å². The Bertz CT molecular complexity index is 1840. The normalized spacial score (nSPS) is 16.8. The summed E-state index contributed by atoms with van der Waals surface area (Å²) in [7, 11) is 2.08. The van der Waals surface area contributed by atoms with E-state index in [2.05, 4.69) is 21.9 Å². The highest BCUT2D eigenvalue weighted by Crippen LogP contribution is 2.38. The van der Waals surface area contributed by atoms with Crippen LogP contribution in [0.4, 0.5) is 10.1 Å². The second kappa shape index (κ2) is 12.3. The van der Waals surface area contributed by atoms with Crippen LogP contribution >= 0.6 is 11.6 Å². The molecule has 12 heteroatoms. The maximum absolute atomic E-state index is 14.8. The Kier molecular flexibility index (Phi) is 8.30. The predicted octanol–water partition coefficient (Wildman–Crippen LogP) is 3.96. The highest BCUT2D eigenvalue weighted by molar-refractivity contribution is 6.30. The Morgan fingerprint density at radius 1 is 0.956 bits per heavy atom. The summed E-state index contributed by atoms with van der Waals surface area (Å²) in [5.41, 5.74) is 2.25. The van der Waals surface area contributed by atoms with Gasteiger partial charge in [-0.15, -0.1) is 0 Å². The van der Waals surface area contributed by atoms with Crippen LogP contribution in [-0.4, -0.2) is 82.1 Å². The van der Waals surface area contributed by atoms with E-state index < -0.39 is 29.3 Å². The number of H-pyrrole nitrogens is 1. The van der Waals surface area contributed by atoms with Crippen molar-refractivity contribution in [3.05, 3.63) is 116 Å². The van der Waals surface area contributed by atoms with Crippen molar-refractivity contribution in [2.45, 2.75) is 18.9 Å². The number of anilines is 1. The Morgan fingerprint density at radius 3 is 2.36 bits per heavy atom. The molecule has 2 aliphatic heterocycles. The summed E-state index contributed by atoms with van der Waals surface area (Å²) in [5.74, 6) is -2.82. The van der Waals surface area contributed by atoms with Gasteiger partial charge in [-0.05, 0) is 60.5 Å². The van der Waals surface area contributed by atoms with Gasteiger partial charge in [0.05, 0.1) is 10.6 Å². The fourth-order valence-electron chi connectivity index (χ4n) is 6.14. The van der Waals surface area contributed by atoms with Crippen molar-refractivity contribution in [1.82, 2.24) is 19.6 Å². The zero-order chi connectivity index (χ0) is 31.8. The molecule has 3 heterocycles. The number of carboxylic acids is 1. The molecule has 2 N–H and O–H groups in total. The number of piperazine rings is 1. The Labute approximate surface area is 263 Å². The number of hydrogen-bond acceptors (Lipinski definition) is 6. The van der Waals surface area contributed by atoms with E-state index >= 15 is 0 Å². The molecule has 1 aromatic heterocycles. The molecule has 2 aliphatic rings. The molecule has 10 nitrogen and oxygen atoms in total. The first-order valence-corrected chi connectivity index (χ1v) is 15.0. The van der Waals surface area contributed by atoms with Gasteiger partial charge in [0.2, 0.25) is 0 Å². The van der Waals surface area contributed by atoms with Crippen LogP contribution in [-0.2, 0) is 17.6 Å². The largest absolute Gasteiger partial charge is 0.478 e. The standard InChI is InChI=1S/C33H31ClFN5O5/c1-37-14-16-38(17-15-37)26-6-2-4-23-22(26)12-13-39(30(23)28(41)18-20-8-10-21(11-9-20)33(44)45)31(42)24-19-36-40(32(24)43)27-7-3-5-25(34)29(27)35/h2-11,19,30,36H,12-18H2,1H3,(H,44,45). The Morgan fingerprint density at radius 2 is 1.64 bits per heavy atom. The van der Waals surface area contributed by atoms with Gasteiger partial charge >= 0.3 is 5.97 Å². The van der Waals surface area contributed by atoms with E-state index in [4.69, 9.17) is 11.6 Å². The lowest BCUT2D eigenvalue weighted by Crippen LogP contribution is -2.47. The van der Waals surface area contributed by atoms with Gasteiger partial charge in [-0.3, -0.25) is 19.5 Å². The molecule has 4 aromatic rings. The number of Topliss-reactive ketones (excluding diaryl/α,β-unsaturated/α-hetero) is 1. The topological polar surface area (TPSA) is 119 Å². The minimum absolute atomic E-state index is 0.0579. The van der Waals surface area contributed by atoms with Crippen molar-refractivity contribution in [2.75, 3.05) is 44.7 Å². The van der Waals surface area contributed by atoms with E-state index in [-0.39, 0.29) is 40.6 Å². The molecule has 1 atom stereocenters. The number of aromatic nitrogens is 2. The quantitative estimate of drug-likeness (QED) is 0.317. The van der Waals surface area contributed by atoms with Crippen molar-refractivity contribution >= 4 is 34.9 Å². The first kappa shape index (κ1) is 30.3. The third-order valence-corrected chi connectivity index (χ3v) is 8.85. The summed E-state index contributed by atoms with van der Waals surface area (Å²) in [6.45, 7) is 3.63. The number of hydrogen-bond donors (Lipinski definition) is 2. The van der Waals surface area contributed by atoms with E-state index in [1.54, 1.807) is 12.1 Å².